The first kappa shape index (κ1) is 12.5. The molecule has 1 aliphatic rings. The molecule has 0 aromatic heterocycles. The van der Waals surface area contributed by atoms with Crippen molar-refractivity contribution in [2.45, 2.75) is 38.3 Å². The van der Waals surface area contributed by atoms with Gasteiger partial charge in [-0.3, -0.25) is 0 Å². The highest BCUT2D eigenvalue weighted by molar-refractivity contribution is 5.20. The van der Waals surface area contributed by atoms with Gasteiger partial charge in [0.1, 0.15) is 5.82 Å². The minimum atomic E-state index is -0.180. The Kier molecular flexibility index (Phi) is 4.51. The molecule has 0 spiro atoms. The minimum absolute atomic E-state index is 0.180. The molecule has 1 heterocycles. The Bertz CT molecular complexity index is 333. The van der Waals surface area contributed by atoms with Gasteiger partial charge in [0.05, 0.1) is 6.10 Å². The van der Waals surface area contributed by atoms with Crippen molar-refractivity contribution in [3.05, 3.63) is 35.6 Å². The summed E-state index contributed by atoms with van der Waals surface area (Å²) in [6, 6.07) is 7.03. The quantitative estimate of drug-likeness (QED) is 0.850. The number of halogens is 1. The van der Waals surface area contributed by atoms with E-state index in [1.807, 2.05) is 12.1 Å². The van der Waals surface area contributed by atoms with Crippen LogP contribution in [0.15, 0.2) is 24.3 Å². The first-order valence-electron chi connectivity index (χ1n) is 6.40. The molecule has 0 radical (unpaired) electrons. The summed E-state index contributed by atoms with van der Waals surface area (Å²) in [5.74, 6) is -0.180. The fourth-order valence-corrected chi connectivity index (χ4v) is 2.37. The van der Waals surface area contributed by atoms with Gasteiger partial charge in [0.2, 0.25) is 0 Å². The Hall–Kier alpha value is -0.930. The van der Waals surface area contributed by atoms with Crippen LogP contribution in [0, 0.1) is 5.82 Å². The number of hydrogen-bond donors (Lipinski definition) is 1. The zero-order valence-corrected chi connectivity index (χ0v) is 10.3. The van der Waals surface area contributed by atoms with Gasteiger partial charge in [0, 0.05) is 12.6 Å². The third kappa shape index (κ3) is 3.51. The fraction of sp³-hybridized carbons (Fsp3) is 0.571. The van der Waals surface area contributed by atoms with Crippen molar-refractivity contribution in [3.63, 3.8) is 0 Å². The van der Waals surface area contributed by atoms with E-state index >= 15 is 0 Å². The number of benzene rings is 1. The third-order valence-electron chi connectivity index (χ3n) is 3.25. The van der Waals surface area contributed by atoms with Crippen LogP contribution in [0.3, 0.4) is 0 Å². The second kappa shape index (κ2) is 6.12. The van der Waals surface area contributed by atoms with E-state index in [0.29, 0.717) is 6.10 Å². The third-order valence-corrected chi connectivity index (χ3v) is 3.25. The van der Waals surface area contributed by atoms with Crippen molar-refractivity contribution in [2.24, 2.45) is 0 Å². The molecular weight excluding hydrogens is 217 g/mol. The lowest BCUT2D eigenvalue weighted by atomic mass is 9.99. The van der Waals surface area contributed by atoms with Crippen molar-refractivity contribution in [1.82, 2.24) is 5.32 Å². The number of ether oxygens (including phenoxy) is 1. The maximum absolute atomic E-state index is 12.9. The highest BCUT2D eigenvalue weighted by Crippen LogP contribution is 2.25. The molecule has 17 heavy (non-hydrogen) atoms. The van der Waals surface area contributed by atoms with Gasteiger partial charge in [-0.15, -0.1) is 0 Å². The van der Waals surface area contributed by atoms with Crippen LogP contribution in [-0.2, 0) is 4.74 Å². The average molecular weight is 237 g/mol. The van der Waals surface area contributed by atoms with E-state index in [2.05, 4.69) is 12.2 Å². The Morgan fingerprint density at radius 2 is 2.18 bits per heavy atom. The van der Waals surface area contributed by atoms with Crippen LogP contribution in [0.25, 0.3) is 0 Å². The first-order valence-corrected chi connectivity index (χ1v) is 6.40. The molecule has 94 valence electrons. The van der Waals surface area contributed by atoms with E-state index in [1.165, 1.54) is 12.1 Å². The molecule has 0 bridgehead atoms. The summed E-state index contributed by atoms with van der Waals surface area (Å²) in [7, 11) is 0. The summed E-state index contributed by atoms with van der Waals surface area (Å²) in [4.78, 5) is 0. The van der Waals surface area contributed by atoms with Gasteiger partial charge in [-0.1, -0.05) is 19.1 Å². The van der Waals surface area contributed by atoms with Gasteiger partial charge in [0.15, 0.2) is 0 Å². The molecule has 0 amide bonds. The predicted octanol–water partition coefficient (Wildman–Crippen LogP) is 3.05. The lowest BCUT2D eigenvalue weighted by Crippen LogP contribution is -2.25. The van der Waals surface area contributed by atoms with Crippen LogP contribution < -0.4 is 5.32 Å². The summed E-state index contributed by atoms with van der Waals surface area (Å²) in [5.41, 5.74) is 1.14. The number of rotatable bonds is 5. The lowest BCUT2D eigenvalue weighted by molar-refractivity contribution is 0.0947. The lowest BCUT2D eigenvalue weighted by Gasteiger charge is -2.21. The molecule has 1 saturated heterocycles. The summed E-state index contributed by atoms with van der Waals surface area (Å²) >= 11 is 0. The van der Waals surface area contributed by atoms with Gasteiger partial charge >= 0.3 is 0 Å². The molecule has 1 N–H and O–H groups in total. The summed E-state index contributed by atoms with van der Waals surface area (Å²) < 4.78 is 18.6. The fourth-order valence-electron chi connectivity index (χ4n) is 2.37. The van der Waals surface area contributed by atoms with Crippen molar-refractivity contribution in [3.8, 4) is 0 Å². The molecule has 3 heteroatoms. The maximum Gasteiger partial charge on any atom is 0.123 e. The monoisotopic (exact) mass is 237 g/mol. The van der Waals surface area contributed by atoms with Crippen LogP contribution in [-0.4, -0.2) is 19.3 Å². The molecule has 2 rings (SSSR count). The highest BCUT2D eigenvalue weighted by Gasteiger charge is 2.21. The molecule has 0 aliphatic carbocycles. The van der Waals surface area contributed by atoms with Crippen LogP contribution in [0.2, 0.25) is 0 Å². The minimum Gasteiger partial charge on any atom is -0.378 e. The first-order chi connectivity index (χ1) is 8.29. The normalized spacial score (nSPS) is 21.6. The molecular formula is C14H20FNO. The van der Waals surface area contributed by atoms with E-state index in [-0.39, 0.29) is 11.9 Å². The van der Waals surface area contributed by atoms with Crippen LogP contribution in [0.4, 0.5) is 4.39 Å². The van der Waals surface area contributed by atoms with Gasteiger partial charge in [-0.05, 0) is 43.5 Å². The maximum atomic E-state index is 12.9. The van der Waals surface area contributed by atoms with Gasteiger partial charge in [-0.25, -0.2) is 4.39 Å². The summed E-state index contributed by atoms with van der Waals surface area (Å²) in [5, 5.41) is 3.44. The summed E-state index contributed by atoms with van der Waals surface area (Å²) in [6.07, 6.45) is 3.62. The van der Waals surface area contributed by atoms with Gasteiger partial charge < -0.3 is 10.1 Å². The number of nitrogens with one attached hydrogen (secondary N) is 1. The Morgan fingerprint density at radius 1 is 1.41 bits per heavy atom. The molecule has 2 nitrogen and oxygen atoms in total. The second-order valence-corrected chi connectivity index (χ2v) is 4.53. The van der Waals surface area contributed by atoms with Gasteiger partial charge in [-0.2, -0.15) is 0 Å². The van der Waals surface area contributed by atoms with E-state index < -0.39 is 0 Å². The predicted molar refractivity (Wildman–Crippen MR) is 66.4 cm³/mol. The molecule has 0 saturated carbocycles. The molecule has 1 aliphatic heterocycles. The largest absolute Gasteiger partial charge is 0.378 e. The standard InChI is InChI=1S/C14H20FNO/c1-2-16-14(10-13-4-3-9-17-13)11-5-7-12(15)8-6-11/h5-8,13-14,16H,2-4,9-10H2,1H3. The Balaban J connectivity index is 2.02. The molecule has 2 atom stereocenters. The molecule has 1 aromatic rings. The highest BCUT2D eigenvalue weighted by atomic mass is 19.1. The van der Waals surface area contributed by atoms with Crippen molar-refractivity contribution in [2.75, 3.05) is 13.2 Å². The van der Waals surface area contributed by atoms with E-state index in [9.17, 15) is 4.39 Å². The second-order valence-electron chi connectivity index (χ2n) is 4.53. The van der Waals surface area contributed by atoms with Crippen molar-refractivity contribution >= 4 is 0 Å². The van der Waals surface area contributed by atoms with Crippen molar-refractivity contribution in [1.29, 1.82) is 0 Å². The zero-order valence-electron chi connectivity index (χ0n) is 10.3. The Labute approximate surface area is 102 Å². The topological polar surface area (TPSA) is 21.3 Å². The SMILES string of the molecule is CCNC(CC1CCCO1)c1ccc(F)cc1. The van der Waals surface area contributed by atoms with E-state index in [1.54, 1.807) is 0 Å². The molecule has 1 fully saturated rings. The number of hydrogen-bond acceptors (Lipinski definition) is 2. The van der Waals surface area contributed by atoms with Gasteiger partial charge in [0.25, 0.3) is 0 Å². The smallest absolute Gasteiger partial charge is 0.123 e. The van der Waals surface area contributed by atoms with E-state index in [4.69, 9.17) is 4.74 Å². The van der Waals surface area contributed by atoms with Crippen LogP contribution >= 0.6 is 0 Å². The zero-order chi connectivity index (χ0) is 12.1. The van der Waals surface area contributed by atoms with E-state index in [0.717, 1.165) is 38.0 Å². The summed E-state index contributed by atoms with van der Waals surface area (Å²) in [6.45, 7) is 3.88. The average Bonchev–Trinajstić information content (AvgIpc) is 2.82. The van der Waals surface area contributed by atoms with Crippen molar-refractivity contribution < 1.29 is 9.13 Å². The van der Waals surface area contributed by atoms with Crippen LogP contribution in [0.1, 0.15) is 37.8 Å². The Morgan fingerprint density at radius 3 is 2.76 bits per heavy atom. The molecule has 1 aromatic carbocycles. The molecule has 2 unspecified atom stereocenters. The van der Waals surface area contributed by atoms with Crippen LogP contribution in [0.5, 0.6) is 0 Å².